The van der Waals surface area contributed by atoms with Gasteiger partial charge in [0.1, 0.15) is 49.3 Å². The summed E-state index contributed by atoms with van der Waals surface area (Å²) < 4.78 is 50.1. The molecular formula is C54H93NO19P2S. The maximum absolute atomic E-state index is 13.4. The smallest absolute Gasteiger partial charge is 0.472 e. The van der Waals surface area contributed by atoms with E-state index in [9.17, 15) is 63.7 Å². The van der Waals surface area contributed by atoms with Crippen molar-refractivity contribution >= 4 is 45.3 Å². The van der Waals surface area contributed by atoms with Gasteiger partial charge in [-0.3, -0.25) is 28.0 Å². The Morgan fingerprint density at radius 2 is 1.12 bits per heavy atom. The molecule has 0 aromatic heterocycles. The molecule has 0 saturated heterocycles. The maximum Gasteiger partial charge on any atom is 0.472 e. The molecule has 0 aromatic rings. The van der Waals surface area contributed by atoms with Crippen LogP contribution in [-0.2, 0) is 46.6 Å². The number of carbonyl (C=O) groups excluding carboxylic acids is 2. The first-order chi connectivity index (χ1) is 36.7. The maximum atomic E-state index is 13.4. The van der Waals surface area contributed by atoms with Crippen molar-refractivity contribution in [1.82, 2.24) is 0 Å². The molecule has 0 aromatic carbocycles. The number of esters is 2. The van der Waals surface area contributed by atoms with Crippen LogP contribution >= 0.6 is 27.4 Å². The van der Waals surface area contributed by atoms with Gasteiger partial charge in [0.15, 0.2) is 6.10 Å². The van der Waals surface area contributed by atoms with E-state index in [4.69, 9.17) is 29.4 Å². The van der Waals surface area contributed by atoms with Gasteiger partial charge in [-0.2, -0.15) is 0 Å². The molecule has 1 fully saturated rings. The van der Waals surface area contributed by atoms with Crippen molar-refractivity contribution in [2.75, 3.05) is 19.0 Å². The highest BCUT2D eigenvalue weighted by molar-refractivity contribution is 8.00. The number of aliphatic carboxylic acids is 1. The van der Waals surface area contributed by atoms with E-state index in [1.165, 1.54) is 32.1 Å². The SMILES string of the molecule is CCCCC/C=C\C\C=C/C=C/C=C/[C@@H](SC[C@H](N)C(=O)O[C@H](COC(=O)CCCCCCCCCCC/C=C\C/C=C\CCCCC)COP(=O)(O)O[C@H]1[C@H](O)[C@@H](O)[C@H](O)[C@@H](O)[C@H]1OP(=O)(O)O)[C@@H](O)CCCC(=O)O. The topological polar surface area (TPSA) is 340 Å². The lowest BCUT2D eigenvalue weighted by molar-refractivity contribution is -0.216. The number of allylic oxidation sites excluding steroid dienone is 11. The van der Waals surface area contributed by atoms with Crippen LogP contribution in [0.15, 0.2) is 72.9 Å². The fourth-order valence-corrected chi connectivity index (χ4v) is 10.5. The van der Waals surface area contributed by atoms with Crippen LogP contribution in [0.2, 0.25) is 0 Å². The number of phosphoric acid groups is 2. The first-order valence-electron chi connectivity index (χ1n) is 27.4. The third-order valence-electron chi connectivity index (χ3n) is 12.3. The monoisotopic (exact) mass is 1150 g/mol. The number of hydrogen-bond donors (Lipinski definition) is 10. The van der Waals surface area contributed by atoms with Crippen molar-refractivity contribution in [1.29, 1.82) is 0 Å². The Bertz CT molecular complexity index is 1880. The number of phosphoric ester groups is 2. The average molecular weight is 1150 g/mol. The molecular weight excluding hydrogens is 1060 g/mol. The van der Waals surface area contributed by atoms with Crippen LogP contribution in [0.25, 0.3) is 0 Å². The van der Waals surface area contributed by atoms with Crippen molar-refractivity contribution in [3.05, 3.63) is 72.9 Å². The zero-order valence-electron chi connectivity index (χ0n) is 45.3. The molecule has 1 saturated carbocycles. The van der Waals surface area contributed by atoms with Crippen molar-refractivity contribution < 1.29 is 91.9 Å². The Balaban J connectivity index is 2.95. The molecule has 0 aliphatic heterocycles. The van der Waals surface area contributed by atoms with E-state index in [2.05, 4.69) is 54.8 Å². The summed E-state index contributed by atoms with van der Waals surface area (Å²) in [5.41, 5.74) is 6.22. The predicted octanol–water partition coefficient (Wildman–Crippen LogP) is 8.49. The molecule has 0 bridgehead atoms. The second kappa shape index (κ2) is 43.9. The highest BCUT2D eigenvalue weighted by Crippen LogP contribution is 2.50. The van der Waals surface area contributed by atoms with Crippen LogP contribution in [0.3, 0.4) is 0 Å². The standard InChI is InChI=1S/C54H93NO19P2S/c1-3-5-7-9-11-13-15-17-18-19-20-21-22-23-25-27-29-31-33-38-47(59)70-39-42(40-71-76(68,69)74-53-51(63)49(61)48(60)50(62)52(53)73-75(65,66)67)72-54(64)43(55)41-77-45(44(56)35-34-37-46(57)58)36-32-30-28-26-24-16-14-12-10-8-6-4-2/h11-14,17-18,24,26,28,30,32,36,42-45,48-53,56,60-63H,3-10,15-16,19-23,25,27,29,31,33-35,37-41,55H2,1-2H3,(H,57,58)(H,68,69)(H2,65,66,67)/b13-11-,14-12-,18-17-,26-24-,30-28+,36-32+/t42-,43+,44+,45-,48+,49+,50-,51-,52-,53+/m1/s1. The molecule has 1 rings (SSSR count). The fraction of sp³-hybridized carbons (Fsp3) is 0.722. The Hall–Kier alpha value is -2.82. The van der Waals surface area contributed by atoms with Gasteiger partial charge in [-0.25, -0.2) is 9.13 Å². The van der Waals surface area contributed by atoms with E-state index in [1.54, 1.807) is 24.3 Å². The third kappa shape index (κ3) is 36.9. The van der Waals surface area contributed by atoms with E-state index in [1.807, 2.05) is 12.2 Å². The number of unbranched alkanes of at least 4 members (excludes halogenated alkanes) is 15. The van der Waals surface area contributed by atoms with Crippen LogP contribution in [0.1, 0.15) is 168 Å². The summed E-state index contributed by atoms with van der Waals surface area (Å²) >= 11 is 1.07. The Morgan fingerprint density at radius 3 is 1.66 bits per heavy atom. The summed E-state index contributed by atoms with van der Waals surface area (Å²) in [4.78, 5) is 66.9. The third-order valence-corrected chi connectivity index (χ3v) is 15.2. The number of carboxylic acid groups (broad SMARTS) is 1. The quantitative estimate of drug-likeness (QED) is 0.00897. The molecule has 1 aliphatic carbocycles. The van der Waals surface area contributed by atoms with Gasteiger partial charge < -0.3 is 60.5 Å². The highest BCUT2D eigenvalue weighted by Gasteiger charge is 2.54. The molecule has 20 nitrogen and oxygen atoms in total. The predicted molar refractivity (Wildman–Crippen MR) is 297 cm³/mol. The molecule has 0 amide bonds. The minimum Gasteiger partial charge on any atom is -0.481 e. The minimum absolute atomic E-state index is 0.00416. The van der Waals surface area contributed by atoms with E-state index >= 15 is 0 Å². The molecule has 1 aliphatic rings. The van der Waals surface area contributed by atoms with E-state index in [0.29, 0.717) is 6.42 Å². The lowest BCUT2D eigenvalue weighted by Gasteiger charge is -2.43. The summed E-state index contributed by atoms with van der Waals surface area (Å²) in [5, 5.41) is 60.7. The normalized spacial score (nSPS) is 21.9. The first-order valence-corrected chi connectivity index (χ1v) is 31.5. The number of aliphatic hydroxyl groups is 5. The molecule has 0 heterocycles. The zero-order valence-corrected chi connectivity index (χ0v) is 47.9. The van der Waals surface area contributed by atoms with Gasteiger partial charge in [-0.15, -0.1) is 11.8 Å². The summed E-state index contributed by atoms with van der Waals surface area (Å²) in [6, 6.07) is -1.40. The molecule has 77 heavy (non-hydrogen) atoms. The number of thioether (sulfide) groups is 1. The summed E-state index contributed by atoms with van der Waals surface area (Å²) in [5.74, 6) is -2.95. The highest BCUT2D eigenvalue weighted by atomic mass is 32.2. The van der Waals surface area contributed by atoms with Crippen LogP contribution < -0.4 is 5.73 Å². The minimum atomic E-state index is -5.53. The molecule has 0 spiro atoms. The van der Waals surface area contributed by atoms with Crippen LogP contribution in [-0.4, -0.2) is 142 Å². The fourth-order valence-electron chi connectivity index (χ4n) is 7.83. The summed E-state index contributed by atoms with van der Waals surface area (Å²) in [6.45, 7) is 2.61. The van der Waals surface area contributed by atoms with E-state index in [-0.39, 0.29) is 31.4 Å². The van der Waals surface area contributed by atoms with E-state index in [0.717, 1.165) is 102 Å². The van der Waals surface area contributed by atoms with Gasteiger partial charge in [0.25, 0.3) is 0 Å². The first kappa shape index (κ1) is 72.2. The van der Waals surface area contributed by atoms with Crippen LogP contribution in [0, 0.1) is 0 Å². The molecule has 0 radical (unpaired) electrons. The lowest BCUT2D eigenvalue weighted by atomic mass is 9.85. The number of rotatable bonds is 46. The van der Waals surface area contributed by atoms with Crippen molar-refractivity contribution in [3.8, 4) is 0 Å². The number of carbonyl (C=O) groups is 3. The van der Waals surface area contributed by atoms with Gasteiger partial charge in [0, 0.05) is 23.8 Å². The van der Waals surface area contributed by atoms with Crippen molar-refractivity contribution in [3.63, 3.8) is 0 Å². The van der Waals surface area contributed by atoms with E-state index < -0.39 is 107 Å². The van der Waals surface area contributed by atoms with Gasteiger partial charge in [0.05, 0.1) is 12.7 Å². The molecule has 23 heteroatoms. The largest absolute Gasteiger partial charge is 0.481 e. The Morgan fingerprint density at radius 1 is 0.610 bits per heavy atom. The number of nitrogens with two attached hydrogens (primary N) is 1. The van der Waals surface area contributed by atoms with Crippen LogP contribution in [0.4, 0.5) is 0 Å². The van der Waals surface area contributed by atoms with Gasteiger partial charge in [-0.05, 0) is 70.6 Å². The average Bonchev–Trinajstić information content (AvgIpc) is 3.38. The summed E-state index contributed by atoms with van der Waals surface area (Å²) in [7, 11) is -11.0. The molecule has 11 atom stereocenters. The number of carboxylic acids is 1. The van der Waals surface area contributed by atoms with Crippen LogP contribution in [0.5, 0.6) is 0 Å². The molecule has 11 N–H and O–H groups in total. The molecule has 1 unspecified atom stereocenters. The van der Waals surface area contributed by atoms with Crippen molar-refractivity contribution in [2.24, 2.45) is 5.73 Å². The Kier molecular flexibility index (Phi) is 41.2. The van der Waals surface area contributed by atoms with Gasteiger partial charge in [-0.1, -0.05) is 157 Å². The number of aliphatic hydroxyl groups excluding tert-OH is 5. The Labute approximate surface area is 461 Å². The van der Waals surface area contributed by atoms with Crippen molar-refractivity contribution in [2.45, 2.75) is 228 Å². The second-order valence-corrected chi connectivity index (χ2v) is 23.0. The number of hydrogen-bond acceptors (Lipinski definition) is 17. The number of ether oxygens (including phenoxy) is 2. The zero-order chi connectivity index (χ0) is 57.3. The second-order valence-electron chi connectivity index (χ2n) is 19.2. The summed E-state index contributed by atoms with van der Waals surface area (Å²) in [6.07, 6.45) is 28.6. The molecule has 444 valence electrons. The van der Waals surface area contributed by atoms with Gasteiger partial charge >= 0.3 is 33.6 Å². The van der Waals surface area contributed by atoms with Gasteiger partial charge in [0.2, 0.25) is 0 Å². The lowest BCUT2D eigenvalue weighted by Crippen LogP contribution is -2.64.